The highest BCUT2D eigenvalue weighted by atomic mass is 16.5. The van der Waals surface area contributed by atoms with Crippen LogP contribution in [0.5, 0.6) is 0 Å². The highest BCUT2D eigenvalue weighted by Crippen LogP contribution is 2.19. The van der Waals surface area contributed by atoms with Gasteiger partial charge in [-0.15, -0.1) is 0 Å². The molecule has 0 aromatic heterocycles. The van der Waals surface area contributed by atoms with Gasteiger partial charge < -0.3 is 20.1 Å². The lowest BCUT2D eigenvalue weighted by Crippen LogP contribution is -2.50. The number of nitrogens with zero attached hydrogens (tertiary/aromatic N) is 2. The minimum atomic E-state index is -0.966. The highest BCUT2D eigenvalue weighted by molar-refractivity contribution is 5.64. The minimum Gasteiger partial charge on any atom is -0.465 e. The van der Waals surface area contributed by atoms with Crippen molar-refractivity contribution in [1.29, 1.82) is 0 Å². The van der Waals surface area contributed by atoms with Crippen LogP contribution in [0.3, 0.4) is 0 Å². The summed E-state index contributed by atoms with van der Waals surface area (Å²) < 4.78 is 5.51. The third kappa shape index (κ3) is 4.59. The molecule has 0 saturated carbocycles. The molecule has 126 valence electrons. The average molecular weight is 319 g/mol. The summed E-state index contributed by atoms with van der Waals surface area (Å²) in [5, 5.41) is 11.0. The molecular formula is C17H25N3O3. The molecular weight excluding hydrogens is 294 g/mol. The molecule has 23 heavy (non-hydrogen) atoms. The first-order valence-electron chi connectivity index (χ1n) is 8.35. The van der Waals surface area contributed by atoms with Crippen LogP contribution in [0.4, 0.5) is 10.5 Å². The zero-order valence-electron chi connectivity index (χ0n) is 13.4. The molecule has 0 bridgehead atoms. The summed E-state index contributed by atoms with van der Waals surface area (Å²) >= 11 is 0. The number of carboxylic acid groups (broad SMARTS) is 1. The number of ether oxygens (including phenoxy) is 1. The first-order chi connectivity index (χ1) is 11.2. The van der Waals surface area contributed by atoms with Gasteiger partial charge in [-0.25, -0.2) is 4.79 Å². The Morgan fingerprint density at radius 2 is 1.91 bits per heavy atom. The van der Waals surface area contributed by atoms with Gasteiger partial charge in [0.25, 0.3) is 0 Å². The molecule has 3 rings (SSSR count). The number of anilines is 1. The van der Waals surface area contributed by atoms with Crippen molar-refractivity contribution in [2.24, 2.45) is 0 Å². The number of nitrogens with one attached hydrogen (secondary N) is 1. The summed E-state index contributed by atoms with van der Waals surface area (Å²) in [5.41, 5.74) is 2.41. The van der Waals surface area contributed by atoms with Crippen LogP contribution in [0.15, 0.2) is 24.3 Å². The molecule has 1 aromatic carbocycles. The maximum atomic E-state index is 10.4. The van der Waals surface area contributed by atoms with Crippen molar-refractivity contribution in [2.45, 2.75) is 18.9 Å². The van der Waals surface area contributed by atoms with Gasteiger partial charge in [0.15, 0.2) is 0 Å². The van der Waals surface area contributed by atoms with Crippen molar-refractivity contribution in [3.8, 4) is 0 Å². The van der Waals surface area contributed by atoms with Crippen molar-refractivity contribution in [2.75, 3.05) is 50.8 Å². The maximum Gasteiger partial charge on any atom is 0.404 e. The average Bonchev–Trinajstić information content (AvgIpc) is 2.52. The van der Waals surface area contributed by atoms with Crippen molar-refractivity contribution in [3.63, 3.8) is 0 Å². The van der Waals surface area contributed by atoms with E-state index in [9.17, 15) is 4.79 Å². The molecule has 2 saturated heterocycles. The molecule has 2 heterocycles. The van der Waals surface area contributed by atoms with Gasteiger partial charge in [-0.3, -0.25) is 4.90 Å². The van der Waals surface area contributed by atoms with E-state index >= 15 is 0 Å². The second-order valence-corrected chi connectivity index (χ2v) is 6.22. The van der Waals surface area contributed by atoms with Gasteiger partial charge in [-0.1, -0.05) is 12.1 Å². The van der Waals surface area contributed by atoms with Crippen LogP contribution < -0.4 is 10.2 Å². The number of hydrogen-bond acceptors (Lipinski definition) is 4. The normalized spacial score (nSPS) is 21.7. The quantitative estimate of drug-likeness (QED) is 0.830. The van der Waals surface area contributed by atoms with Crippen molar-refractivity contribution in [1.82, 2.24) is 10.2 Å². The summed E-state index contributed by atoms with van der Waals surface area (Å²) in [6, 6.07) is 8.46. The minimum absolute atomic E-state index is 0.455. The van der Waals surface area contributed by atoms with Crippen molar-refractivity contribution < 1.29 is 14.6 Å². The zero-order valence-corrected chi connectivity index (χ0v) is 13.4. The lowest BCUT2D eigenvalue weighted by Gasteiger charge is -2.39. The third-order valence-corrected chi connectivity index (χ3v) is 4.62. The fourth-order valence-electron chi connectivity index (χ4n) is 3.09. The van der Waals surface area contributed by atoms with Crippen LogP contribution in [0, 0.1) is 0 Å². The van der Waals surface area contributed by atoms with Crippen LogP contribution >= 0.6 is 0 Å². The Kier molecular flexibility index (Phi) is 5.35. The van der Waals surface area contributed by atoms with Gasteiger partial charge in [-0.05, 0) is 30.5 Å². The molecule has 1 amide bonds. The third-order valence-electron chi connectivity index (χ3n) is 4.62. The largest absolute Gasteiger partial charge is 0.465 e. The molecule has 1 unspecified atom stereocenters. The van der Waals surface area contributed by atoms with Gasteiger partial charge in [0, 0.05) is 51.6 Å². The van der Waals surface area contributed by atoms with Gasteiger partial charge in [0.05, 0.1) is 6.10 Å². The summed E-state index contributed by atoms with van der Waals surface area (Å²) in [5.74, 6) is 0. The van der Waals surface area contributed by atoms with E-state index in [4.69, 9.17) is 9.84 Å². The van der Waals surface area contributed by atoms with Crippen LogP contribution in [0.2, 0.25) is 0 Å². The molecule has 1 atom stereocenters. The van der Waals surface area contributed by atoms with E-state index < -0.39 is 6.09 Å². The molecule has 0 spiro atoms. The fourth-order valence-corrected chi connectivity index (χ4v) is 3.09. The van der Waals surface area contributed by atoms with Crippen LogP contribution in [0.25, 0.3) is 0 Å². The first kappa shape index (κ1) is 16.1. The van der Waals surface area contributed by atoms with E-state index in [1.807, 2.05) is 0 Å². The lowest BCUT2D eigenvalue weighted by molar-refractivity contribution is -0.0671. The summed E-state index contributed by atoms with van der Waals surface area (Å²) in [7, 11) is 0. The molecule has 0 radical (unpaired) electrons. The Morgan fingerprint density at radius 1 is 1.22 bits per heavy atom. The van der Waals surface area contributed by atoms with E-state index in [1.165, 1.54) is 12.1 Å². The topological polar surface area (TPSA) is 65.0 Å². The monoisotopic (exact) mass is 319 g/mol. The standard InChI is InChI=1S/C17H25N3O3/c21-17(22)18-7-5-14-1-3-15(4-2-14)20-10-8-19(9-11-20)13-16-6-12-23-16/h1-4,16,18H,5-13H2,(H,21,22). The van der Waals surface area contributed by atoms with Crippen LogP contribution in [0.1, 0.15) is 12.0 Å². The number of amides is 1. The number of piperazine rings is 1. The maximum absolute atomic E-state index is 10.4. The lowest BCUT2D eigenvalue weighted by atomic mass is 10.1. The van der Waals surface area contributed by atoms with Crippen LogP contribution in [-0.4, -0.2) is 68.1 Å². The number of carbonyl (C=O) groups is 1. The predicted molar refractivity (Wildman–Crippen MR) is 89.2 cm³/mol. The van der Waals surface area contributed by atoms with Gasteiger partial charge in [0.2, 0.25) is 0 Å². The Bertz CT molecular complexity index is 508. The van der Waals surface area contributed by atoms with Crippen molar-refractivity contribution >= 4 is 11.8 Å². The summed E-state index contributed by atoms with van der Waals surface area (Å²) in [6.07, 6.45) is 1.42. The fraction of sp³-hybridized carbons (Fsp3) is 0.588. The zero-order chi connectivity index (χ0) is 16.1. The molecule has 1 aromatic rings. The summed E-state index contributed by atoms with van der Waals surface area (Å²) in [6.45, 7) is 6.73. The second kappa shape index (κ2) is 7.66. The van der Waals surface area contributed by atoms with Crippen molar-refractivity contribution in [3.05, 3.63) is 29.8 Å². The Morgan fingerprint density at radius 3 is 2.48 bits per heavy atom. The molecule has 2 fully saturated rings. The van der Waals surface area contributed by atoms with Gasteiger partial charge >= 0.3 is 6.09 Å². The Balaban J connectivity index is 1.43. The predicted octanol–water partition coefficient (Wildman–Crippen LogP) is 1.41. The van der Waals surface area contributed by atoms with E-state index in [0.717, 1.165) is 51.3 Å². The van der Waals surface area contributed by atoms with Crippen LogP contribution in [-0.2, 0) is 11.2 Å². The molecule has 6 nitrogen and oxygen atoms in total. The Hall–Kier alpha value is -1.79. The van der Waals surface area contributed by atoms with E-state index in [2.05, 4.69) is 39.4 Å². The molecule has 0 aliphatic carbocycles. The van der Waals surface area contributed by atoms with E-state index in [0.29, 0.717) is 12.6 Å². The number of hydrogen-bond donors (Lipinski definition) is 2. The number of benzene rings is 1. The first-order valence-corrected chi connectivity index (χ1v) is 8.35. The van der Waals surface area contributed by atoms with Gasteiger partial charge in [0.1, 0.15) is 0 Å². The molecule has 2 N–H and O–H groups in total. The molecule has 2 aliphatic heterocycles. The highest BCUT2D eigenvalue weighted by Gasteiger charge is 2.24. The van der Waals surface area contributed by atoms with Gasteiger partial charge in [-0.2, -0.15) is 0 Å². The smallest absolute Gasteiger partial charge is 0.404 e. The molecule has 6 heteroatoms. The summed E-state index contributed by atoms with van der Waals surface area (Å²) in [4.78, 5) is 15.3. The van der Waals surface area contributed by atoms with E-state index in [1.54, 1.807) is 0 Å². The van der Waals surface area contributed by atoms with E-state index in [-0.39, 0.29) is 0 Å². The molecule has 2 aliphatic rings. The second-order valence-electron chi connectivity index (χ2n) is 6.22. The SMILES string of the molecule is O=C(O)NCCc1ccc(N2CCN(CC3CCO3)CC2)cc1. The Labute approximate surface area is 137 Å². The number of rotatable bonds is 6.